The largest absolute Gasteiger partial charge is 0.486 e. The summed E-state index contributed by atoms with van der Waals surface area (Å²) in [5.41, 5.74) is 6.74. The molecule has 0 saturated carbocycles. The average Bonchev–Trinajstić information content (AvgIpc) is 3.14. The molecule has 0 aliphatic heterocycles. The van der Waals surface area contributed by atoms with Gasteiger partial charge in [0.05, 0.1) is 16.6 Å². The molecule has 0 fully saturated rings. The average molecular weight is 401 g/mol. The zero-order valence-electron chi connectivity index (χ0n) is 16.0. The summed E-state index contributed by atoms with van der Waals surface area (Å²) in [4.78, 5) is 33.0. The van der Waals surface area contributed by atoms with Crippen molar-refractivity contribution >= 4 is 22.8 Å². The van der Waals surface area contributed by atoms with Crippen LogP contribution >= 0.6 is 0 Å². The molecule has 0 atom stereocenters. The number of nitrogens with one attached hydrogen (secondary N) is 2. The highest BCUT2D eigenvalue weighted by Crippen LogP contribution is 2.18. The van der Waals surface area contributed by atoms with Gasteiger partial charge in [-0.1, -0.05) is 30.3 Å². The van der Waals surface area contributed by atoms with Gasteiger partial charge >= 0.3 is 0 Å². The van der Waals surface area contributed by atoms with E-state index in [4.69, 9.17) is 4.74 Å². The van der Waals surface area contributed by atoms with Crippen LogP contribution in [-0.4, -0.2) is 26.3 Å². The van der Waals surface area contributed by atoms with Crippen molar-refractivity contribution in [2.45, 2.75) is 13.2 Å². The number of carbonyl (C=O) groups is 2. The number of carbonyl (C=O) groups excluding carboxylic acids is 2. The Hall–Kier alpha value is -4.20. The second-order valence-corrected chi connectivity index (χ2v) is 6.45. The molecule has 0 unspecified atom stereocenters. The SMILES string of the molecule is O=C(Cn1c(COc2ccccc2)nc2ccccc21)NNC(=O)c1cccnc1. The van der Waals surface area contributed by atoms with Crippen LogP contribution < -0.4 is 15.6 Å². The Labute approximate surface area is 172 Å². The van der Waals surface area contributed by atoms with Crippen molar-refractivity contribution in [2.75, 3.05) is 0 Å². The van der Waals surface area contributed by atoms with E-state index in [0.717, 1.165) is 11.0 Å². The number of nitrogens with zero attached hydrogens (tertiary/aromatic N) is 3. The molecule has 2 heterocycles. The number of fused-ring (bicyclic) bond motifs is 1. The van der Waals surface area contributed by atoms with E-state index < -0.39 is 11.8 Å². The minimum absolute atomic E-state index is 0.0265. The van der Waals surface area contributed by atoms with E-state index in [0.29, 0.717) is 17.1 Å². The first-order valence-corrected chi connectivity index (χ1v) is 9.32. The van der Waals surface area contributed by atoms with E-state index in [2.05, 4.69) is 20.8 Å². The Balaban J connectivity index is 1.46. The second-order valence-electron chi connectivity index (χ2n) is 6.45. The summed E-state index contributed by atoms with van der Waals surface area (Å²) in [6, 6.07) is 20.2. The number of pyridine rings is 1. The number of ether oxygens (including phenoxy) is 1. The van der Waals surface area contributed by atoms with Gasteiger partial charge in [0, 0.05) is 12.4 Å². The molecule has 8 heteroatoms. The Morgan fingerprint density at radius 2 is 1.73 bits per heavy atom. The van der Waals surface area contributed by atoms with Crippen LogP contribution in [0, 0.1) is 0 Å². The summed E-state index contributed by atoms with van der Waals surface area (Å²) < 4.78 is 7.58. The van der Waals surface area contributed by atoms with E-state index in [1.54, 1.807) is 22.9 Å². The third kappa shape index (κ3) is 4.44. The summed E-state index contributed by atoms with van der Waals surface area (Å²) in [5, 5.41) is 0. The lowest BCUT2D eigenvalue weighted by Crippen LogP contribution is -2.43. The van der Waals surface area contributed by atoms with E-state index >= 15 is 0 Å². The molecule has 2 N–H and O–H groups in total. The van der Waals surface area contributed by atoms with Crippen molar-refractivity contribution in [3.63, 3.8) is 0 Å². The number of amides is 2. The fraction of sp³-hybridized carbons (Fsp3) is 0.0909. The fourth-order valence-electron chi connectivity index (χ4n) is 2.96. The van der Waals surface area contributed by atoms with Crippen LogP contribution in [0.3, 0.4) is 0 Å². The maximum Gasteiger partial charge on any atom is 0.271 e. The molecule has 2 aromatic carbocycles. The monoisotopic (exact) mass is 401 g/mol. The topological polar surface area (TPSA) is 98.1 Å². The van der Waals surface area contributed by atoms with Crippen LogP contribution in [0.4, 0.5) is 0 Å². The van der Waals surface area contributed by atoms with E-state index in [-0.39, 0.29) is 13.2 Å². The number of benzene rings is 2. The molecular weight excluding hydrogens is 382 g/mol. The van der Waals surface area contributed by atoms with Crippen molar-refractivity contribution in [3.05, 3.63) is 90.5 Å². The van der Waals surface area contributed by atoms with Crippen LogP contribution in [0.5, 0.6) is 5.75 Å². The summed E-state index contributed by atoms with van der Waals surface area (Å²) >= 11 is 0. The highest BCUT2D eigenvalue weighted by Gasteiger charge is 2.15. The molecule has 4 aromatic rings. The number of hydrogen-bond donors (Lipinski definition) is 2. The van der Waals surface area contributed by atoms with Gasteiger partial charge in [0.2, 0.25) is 0 Å². The number of imidazole rings is 1. The van der Waals surface area contributed by atoms with Gasteiger partial charge in [-0.05, 0) is 36.4 Å². The van der Waals surface area contributed by atoms with Crippen molar-refractivity contribution in [3.8, 4) is 5.75 Å². The molecule has 2 aromatic heterocycles. The van der Waals surface area contributed by atoms with Gasteiger partial charge in [0.25, 0.3) is 11.8 Å². The second kappa shape index (κ2) is 8.87. The Kier molecular flexibility index (Phi) is 5.66. The van der Waals surface area contributed by atoms with E-state index in [1.165, 1.54) is 6.20 Å². The number of hydrogen-bond acceptors (Lipinski definition) is 5. The molecule has 0 bridgehead atoms. The van der Waals surface area contributed by atoms with Gasteiger partial charge in [-0.25, -0.2) is 4.98 Å². The number of aromatic nitrogens is 3. The molecule has 2 amide bonds. The predicted octanol–water partition coefficient (Wildman–Crippen LogP) is 2.47. The molecule has 4 rings (SSSR count). The highest BCUT2D eigenvalue weighted by molar-refractivity contribution is 5.95. The summed E-state index contributed by atoms with van der Waals surface area (Å²) in [5.74, 6) is 0.481. The van der Waals surface area contributed by atoms with Crippen LogP contribution in [0.1, 0.15) is 16.2 Å². The van der Waals surface area contributed by atoms with Gasteiger partial charge in [-0.15, -0.1) is 0 Å². The molecule has 0 aliphatic rings. The van der Waals surface area contributed by atoms with Gasteiger partial charge in [-0.2, -0.15) is 0 Å². The van der Waals surface area contributed by atoms with Gasteiger partial charge in [0.1, 0.15) is 24.7 Å². The molecular formula is C22H19N5O3. The normalized spacial score (nSPS) is 10.5. The maximum absolute atomic E-state index is 12.5. The molecule has 8 nitrogen and oxygen atoms in total. The quantitative estimate of drug-likeness (QED) is 0.484. The van der Waals surface area contributed by atoms with Gasteiger partial charge in [-0.3, -0.25) is 25.4 Å². The molecule has 30 heavy (non-hydrogen) atoms. The summed E-state index contributed by atoms with van der Waals surface area (Å²) in [6.45, 7) is 0.176. The fourth-order valence-corrected chi connectivity index (χ4v) is 2.96. The Morgan fingerprint density at radius 3 is 2.53 bits per heavy atom. The first-order chi connectivity index (χ1) is 14.7. The van der Waals surface area contributed by atoms with Crippen LogP contribution in [-0.2, 0) is 17.9 Å². The predicted molar refractivity (Wildman–Crippen MR) is 110 cm³/mol. The minimum atomic E-state index is -0.445. The van der Waals surface area contributed by atoms with Crippen molar-refractivity contribution in [1.29, 1.82) is 0 Å². The van der Waals surface area contributed by atoms with Gasteiger partial charge in [0.15, 0.2) is 0 Å². The molecule has 0 saturated heterocycles. The van der Waals surface area contributed by atoms with Crippen molar-refractivity contribution < 1.29 is 14.3 Å². The van der Waals surface area contributed by atoms with Crippen LogP contribution in [0.25, 0.3) is 11.0 Å². The van der Waals surface area contributed by atoms with E-state index in [1.807, 2.05) is 54.6 Å². The molecule has 150 valence electrons. The standard InChI is InChI=1S/C22H19N5O3/c28-21(25-26-22(29)16-7-6-12-23-13-16)14-27-19-11-5-4-10-18(19)24-20(27)15-30-17-8-2-1-3-9-17/h1-13H,14-15H2,(H,25,28)(H,26,29). The zero-order valence-corrected chi connectivity index (χ0v) is 16.0. The lowest BCUT2D eigenvalue weighted by Gasteiger charge is -2.11. The smallest absolute Gasteiger partial charge is 0.271 e. The third-order valence-electron chi connectivity index (χ3n) is 4.39. The van der Waals surface area contributed by atoms with Gasteiger partial charge < -0.3 is 9.30 Å². The first-order valence-electron chi connectivity index (χ1n) is 9.32. The third-order valence-corrected chi connectivity index (χ3v) is 4.39. The van der Waals surface area contributed by atoms with E-state index in [9.17, 15) is 9.59 Å². The number of rotatable bonds is 6. The highest BCUT2D eigenvalue weighted by atomic mass is 16.5. The first kappa shape index (κ1) is 19.1. The molecule has 0 aliphatic carbocycles. The lowest BCUT2D eigenvalue weighted by molar-refractivity contribution is -0.122. The number of hydrazine groups is 1. The molecule has 0 radical (unpaired) electrons. The molecule has 0 spiro atoms. The lowest BCUT2D eigenvalue weighted by atomic mass is 10.3. The minimum Gasteiger partial charge on any atom is -0.486 e. The maximum atomic E-state index is 12.5. The van der Waals surface area contributed by atoms with Crippen LogP contribution in [0.2, 0.25) is 0 Å². The zero-order chi connectivity index (χ0) is 20.8. The van der Waals surface area contributed by atoms with Crippen LogP contribution in [0.15, 0.2) is 79.1 Å². The van der Waals surface area contributed by atoms with Crippen molar-refractivity contribution in [1.82, 2.24) is 25.4 Å². The summed E-state index contributed by atoms with van der Waals surface area (Å²) in [6.07, 6.45) is 2.99. The number of para-hydroxylation sites is 3. The summed E-state index contributed by atoms with van der Waals surface area (Å²) in [7, 11) is 0. The Bertz CT molecular complexity index is 1160. The Morgan fingerprint density at radius 1 is 0.933 bits per heavy atom. The van der Waals surface area contributed by atoms with Crippen molar-refractivity contribution in [2.24, 2.45) is 0 Å².